The van der Waals surface area contributed by atoms with Crippen molar-refractivity contribution in [3.63, 3.8) is 0 Å². The molecule has 128 valence electrons. The van der Waals surface area contributed by atoms with Gasteiger partial charge in [0.05, 0.1) is 12.2 Å². The van der Waals surface area contributed by atoms with Gasteiger partial charge in [-0.15, -0.1) is 0 Å². The molecule has 1 aromatic rings. The maximum absolute atomic E-state index is 13.0. The van der Waals surface area contributed by atoms with Gasteiger partial charge in [0, 0.05) is 19.2 Å². The van der Waals surface area contributed by atoms with Crippen molar-refractivity contribution in [3.05, 3.63) is 17.5 Å². The number of aromatic nitrogens is 2. The molecule has 4 aliphatic carbocycles. The van der Waals surface area contributed by atoms with Crippen LogP contribution in [0.4, 0.5) is 5.95 Å². The molecule has 0 spiro atoms. The van der Waals surface area contributed by atoms with Crippen molar-refractivity contribution in [1.29, 1.82) is 0 Å². The van der Waals surface area contributed by atoms with E-state index in [9.17, 15) is 4.79 Å². The van der Waals surface area contributed by atoms with Gasteiger partial charge in [0.1, 0.15) is 0 Å². The third-order valence-corrected chi connectivity index (χ3v) is 7.01. The van der Waals surface area contributed by atoms with Crippen LogP contribution < -0.4 is 5.73 Å². The fourth-order valence-electron chi connectivity index (χ4n) is 6.47. The summed E-state index contributed by atoms with van der Waals surface area (Å²) in [4.78, 5) is 23.5. The molecule has 1 amide bonds. The van der Waals surface area contributed by atoms with Crippen molar-refractivity contribution in [1.82, 2.24) is 14.9 Å². The van der Waals surface area contributed by atoms with E-state index in [1.54, 1.807) is 0 Å². The standard InChI is InChI=1S/C19H26N4O/c20-18-21-10-15-1-2-23(11-16(15)22-18)17(24)9-19-6-12-3-13(7-19)5-14(4-12)8-19/h10,12-14H,1-9,11H2,(H2,20,21,22). The van der Waals surface area contributed by atoms with Gasteiger partial charge >= 0.3 is 0 Å². The molecule has 1 aliphatic heterocycles. The first-order valence-corrected chi connectivity index (χ1v) is 9.47. The topological polar surface area (TPSA) is 72.1 Å². The minimum Gasteiger partial charge on any atom is -0.368 e. The highest BCUT2D eigenvalue weighted by atomic mass is 16.2. The average molecular weight is 326 g/mol. The Kier molecular flexibility index (Phi) is 3.16. The maximum Gasteiger partial charge on any atom is 0.223 e. The highest BCUT2D eigenvalue weighted by Crippen LogP contribution is 2.61. The fourth-order valence-corrected chi connectivity index (χ4v) is 6.47. The van der Waals surface area contributed by atoms with Crippen molar-refractivity contribution < 1.29 is 4.79 Å². The van der Waals surface area contributed by atoms with Crippen LogP contribution in [-0.4, -0.2) is 27.3 Å². The van der Waals surface area contributed by atoms with E-state index >= 15 is 0 Å². The van der Waals surface area contributed by atoms with E-state index in [-0.39, 0.29) is 0 Å². The van der Waals surface area contributed by atoms with E-state index < -0.39 is 0 Å². The predicted molar refractivity (Wildman–Crippen MR) is 90.8 cm³/mol. The molecule has 2 N–H and O–H groups in total. The number of fused-ring (bicyclic) bond motifs is 1. The third-order valence-electron chi connectivity index (χ3n) is 7.01. The largest absolute Gasteiger partial charge is 0.368 e. The second-order valence-corrected chi connectivity index (χ2v) is 8.86. The Morgan fingerprint density at radius 1 is 1.21 bits per heavy atom. The molecular weight excluding hydrogens is 300 g/mol. The normalized spacial score (nSPS) is 36.7. The predicted octanol–water partition coefficient (Wildman–Crippen LogP) is 2.55. The van der Waals surface area contributed by atoms with Crippen molar-refractivity contribution in [2.45, 2.75) is 57.9 Å². The smallest absolute Gasteiger partial charge is 0.223 e. The minimum absolute atomic E-state index is 0.309. The van der Waals surface area contributed by atoms with Gasteiger partial charge in [-0.2, -0.15) is 0 Å². The van der Waals surface area contributed by atoms with Gasteiger partial charge in [-0.3, -0.25) is 4.79 Å². The lowest BCUT2D eigenvalue weighted by Crippen LogP contribution is -2.49. The summed E-state index contributed by atoms with van der Waals surface area (Å²) in [5.41, 5.74) is 8.11. The summed E-state index contributed by atoms with van der Waals surface area (Å²) in [5, 5.41) is 0. The molecule has 5 aliphatic rings. The molecule has 2 heterocycles. The molecule has 0 radical (unpaired) electrons. The highest BCUT2D eigenvalue weighted by Gasteiger charge is 2.51. The van der Waals surface area contributed by atoms with Gasteiger partial charge in [-0.05, 0) is 73.7 Å². The van der Waals surface area contributed by atoms with Crippen LogP contribution in [0.25, 0.3) is 0 Å². The van der Waals surface area contributed by atoms with Crippen molar-refractivity contribution in [2.75, 3.05) is 12.3 Å². The molecule has 5 heteroatoms. The molecule has 0 aromatic carbocycles. The molecule has 1 aromatic heterocycles. The number of rotatable bonds is 2. The minimum atomic E-state index is 0.309. The van der Waals surface area contributed by atoms with Crippen LogP contribution in [0.2, 0.25) is 0 Å². The molecule has 6 rings (SSSR count). The monoisotopic (exact) mass is 326 g/mol. The molecule has 5 nitrogen and oxygen atoms in total. The molecule has 4 saturated carbocycles. The van der Waals surface area contributed by atoms with Crippen LogP contribution in [-0.2, 0) is 17.8 Å². The number of anilines is 1. The van der Waals surface area contributed by atoms with Gasteiger partial charge in [0.2, 0.25) is 11.9 Å². The quantitative estimate of drug-likeness (QED) is 0.906. The Hall–Kier alpha value is -1.65. The Morgan fingerprint density at radius 2 is 1.88 bits per heavy atom. The number of nitrogens with zero attached hydrogens (tertiary/aromatic N) is 3. The summed E-state index contributed by atoms with van der Waals surface area (Å²) < 4.78 is 0. The first kappa shape index (κ1) is 14.7. The lowest BCUT2D eigenvalue weighted by atomic mass is 9.49. The average Bonchev–Trinajstić information content (AvgIpc) is 2.52. The van der Waals surface area contributed by atoms with E-state index in [2.05, 4.69) is 9.97 Å². The summed E-state index contributed by atoms with van der Waals surface area (Å²) in [7, 11) is 0. The van der Waals surface area contributed by atoms with Gasteiger partial charge in [-0.1, -0.05) is 0 Å². The van der Waals surface area contributed by atoms with Crippen molar-refractivity contribution in [3.8, 4) is 0 Å². The van der Waals surface area contributed by atoms with E-state index in [4.69, 9.17) is 5.73 Å². The van der Waals surface area contributed by atoms with Crippen LogP contribution in [0.3, 0.4) is 0 Å². The third kappa shape index (κ3) is 2.40. The Balaban J connectivity index is 1.31. The molecule has 0 unspecified atom stereocenters. The van der Waals surface area contributed by atoms with Crippen LogP contribution in [0.5, 0.6) is 0 Å². The molecule has 24 heavy (non-hydrogen) atoms. The van der Waals surface area contributed by atoms with Gasteiger partial charge < -0.3 is 10.6 Å². The van der Waals surface area contributed by atoms with Crippen molar-refractivity contribution in [2.24, 2.45) is 23.2 Å². The molecule has 4 bridgehead atoms. The van der Waals surface area contributed by atoms with Crippen LogP contribution in [0, 0.1) is 23.2 Å². The lowest BCUT2D eigenvalue weighted by molar-refractivity contribution is -0.140. The maximum atomic E-state index is 13.0. The molecule has 0 saturated heterocycles. The zero-order chi connectivity index (χ0) is 16.3. The summed E-state index contributed by atoms with van der Waals surface area (Å²) in [6.07, 6.45) is 11.6. The van der Waals surface area contributed by atoms with Gasteiger partial charge in [0.15, 0.2) is 0 Å². The van der Waals surface area contributed by atoms with E-state index in [1.165, 1.54) is 38.5 Å². The summed E-state index contributed by atoms with van der Waals surface area (Å²) in [5.74, 6) is 3.35. The second-order valence-electron chi connectivity index (χ2n) is 8.86. The molecule has 4 fully saturated rings. The zero-order valence-electron chi connectivity index (χ0n) is 14.2. The Labute approximate surface area is 143 Å². The van der Waals surface area contributed by atoms with Crippen molar-refractivity contribution >= 4 is 11.9 Å². The summed E-state index contributed by atoms with van der Waals surface area (Å²) in [6.45, 7) is 1.40. The number of amides is 1. The van der Waals surface area contributed by atoms with Crippen LogP contribution in [0.1, 0.15) is 56.2 Å². The number of nitrogens with two attached hydrogens (primary N) is 1. The SMILES string of the molecule is Nc1ncc2c(n1)CN(C(=O)CC13CC4CC(CC(C4)C1)C3)CC2. The van der Waals surface area contributed by atoms with Crippen LogP contribution in [0.15, 0.2) is 6.20 Å². The summed E-state index contributed by atoms with van der Waals surface area (Å²) in [6, 6.07) is 0. The Bertz CT molecular complexity index is 651. The van der Waals surface area contributed by atoms with Gasteiger partial charge in [0.25, 0.3) is 0 Å². The first-order chi connectivity index (χ1) is 11.6. The Morgan fingerprint density at radius 3 is 2.54 bits per heavy atom. The van der Waals surface area contributed by atoms with E-state index in [1.807, 2.05) is 11.1 Å². The van der Waals surface area contributed by atoms with E-state index in [0.29, 0.717) is 23.8 Å². The van der Waals surface area contributed by atoms with Crippen LogP contribution >= 0.6 is 0 Å². The molecular formula is C19H26N4O. The summed E-state index contributed by atoms with van der Waals surface area (Å²) >= 11 is 0. The number of hydrogen-bond donors (Lipinski definition) is 1. The first-order valence-electron chi connectivity index (χ1n) is 9.47. The molecule has 0 atom stereocenters. The number of carbonyl (C=O) groups excluding carboxylic acids is 1. The number of carbonyl (C=O) groups is 1. The fraction of sp³-hybridized carbons (Fsp3) is 0.737. The lowest BCUT2D eigenvalue weighted by Gasteiger charge is -2.57. The second kappa shape index (κ2) is 5.17. The van der Waals surface area contributed by atoms with E-state index in [0.717, 1.165) is 48.4 Å². The number of hydrogen-bond acceptors (Lipinski definition) is 4. The zero-order valence-corrected chi connectivity index (χ0v) is 14.2. The van der Waals surface area contributed by atoms with Gasteiger partial charge in [-0.25, -0.2) is 9.97 Å². The number of nitrogen functional groups attached to an aromatic ring is 1. The highest BCUT2D eigenvalue weighted by molar-refractivity contribution is 5.77.